The number of anilines is 3. The summed E-state index contributed by atoms with van der Waals surface area (Å²) in [6.45, 7) is 0. The van der Waals surface area contributed by atoms with Gasteiger partial charge in [0, 0.05) is 37.2 Å². The molecule has 0 spiro atoms. The van der Waals surface area contributed by atoms with Crippen LogP contribution in [0.15, 0.2) is 212 Å². The molecular formula is C54H35NS. The molecule has 56 heavy (non-hydrogen) atoms. The molecule has 0 fully saturated rings. The maximum Gasteiger partial charge on any atom is 0.0468 e. The van der Waals surface area contributed by atoms with Gasteiger partial charge >= 0.3 is 0 Å². The van der Waals surface area contributed by atoms with Crippen LogP contribution in [0.4, 0.5) is 17.1 Å². The average molecular weight is 730 g/mol. The molecule has 0 N–H and O–H groups in total. The van der Waals surface area contributed by atoms with Crippen LogP contribution >= 0.6 is 11.3 Å². The number of nitrogens with zero attached hydrogens (tertiary/aromatic N) is 1. The van der Waals surface area contributed by atoms with Crippen LogP contribution in [0.1, 0.15) is 0 Å². The Morgan fingerprint density at radius 2 is 0.625 bits per heavy atom. The van der Waals surface area contributed by atoms with Crippen molar-refractivity contribution in [1.29, 1.82) is 0 Å². The highest BCUT2D eigenvalue weighted by atomic mass is 32.1. The van der Waals surface area contributed by atoms with Crippen molar-refractivity contribution >= 4 is 80.9 Å². The summed E-state index contributed by atoms with van der Waals surface area (Å²) in [6, 6.07) is 77.7. The Morgan fingerprint density at radius 1 is 0.232 bits per heavy atom. The molecule has 1 nitrogen and oxygen atoms in total. The quantitative estimate of drug-likeness (QED) is 0.154. The molecule has 0 bridgehead atoms. The number of hydrogen-bond acceptors (Lipinski definition) is 2. The predicted octanol–water partition coefficient (Wildman–Crippen LogP) is 16.0. The molecule has 11 aromatic rings. The predicted molar refractivity (Wildman–Crippen MR) is 243 cm³/mol. The molecule has 1 heterocycles. The molecule has 262 valence electrons. The van der Waals surface area contributed by atoms with Crippen molar-refractivity contribution in [2.45, 2.75) is 0 Å². The highest BCUT2D eigenvalue weighted by molar-refractivity contribution is 7.25. The van der Waals surface area contributed by atoms with E-state index in [1.54, 1.807) is 0 Å². The first-order valence-electron chi connectivity index (χ1n) is 19.2. The molecule has 0 saturated carbocycles. The number of benzene rings is 10. The van der Waals surface area contributed by atoms with E-state index in [1.165, 1.54) is 85.9 Å². The Kier molecular flexibility index (Phi) is 7.75. The summed E-state index contributed by atoms with van der Waals surface area (Å²) in [5, 5.41) is 10.3. The van der Waals surface area contributed by atoms with Crippen LogP contribution in [0.2, 0.25) is 0 Å². The second kappa shape index (κ2) is 13.4. The molecule has 1 aromatic heterocycles. The molecule has 0 radical (unpaired) electrons. The fraction of sp³-hybridized carbons (Fsp3) is 0. The van der Waals surface area contributed by atoms with Crippen LogP contribution in [0.3, 0.4) is 0 Å². The van der Waals surface area contributed by atoms with Crippen LogP contribution in [-0.4, -0.2) is 0 Å². The van der Waals surface area contributed by atoms with Gasteiger partial charge < -0.3 is 4.90 Å². The number of fused-ring (bicyclic) bond motifs is 9. The maximum atomic E-state index is 2.38. The van der Waals surface area contributed by atoms with Crippen molar-refractivity contribution in [3.8, 4) is 33.4 Å². The third-order valence-corrected chi connectivity index (χ3v) is 12.4. The molecule has 0 aliphatic rings. The second-order valence-corrected chi connectivity index (χ2v) is 15.6. The molecule has 2 heteroatoms. The minimum Gasteiger partial charge on any atom is -0.310 e. The number of rotatable bonds is 6. The lowest BCUT2D eigenvalue weighted by Gasteiger charge is -2.26. The van der Waals surface area contributed by atoms with Gasteiger partial charge in [-0.25, -0.2) is 0 Å². The van der Waals surface area contributed by atoms with Crippen LogP contribution in [0.5, 0.6) is 0 Å². The average Bonchev–Trinajstić information content (AvgIpc) is 3.65. The molecule has 11 rings (SSSR count). The lowest BCUT2D eigenvalue weighted by Crippen LogP contribution is -2.10. The SMILES string of the molecule is c1ccc(-c2ccc(N(c3ccc(-c4ccc(-c5ccc6sc7ccccc7c6c5)cc4)cc3)c3ccc4c5ccccc5c5ccccc5c4c3)cc2)cc1. The van der Waals surface area contributed by atoms with Crippen LogP contribution in [0, 0.1) is 0 Å². The molecule has 10 aromatic carbocycles. The Hall–Kier alpha value is -7.00. The minimum atomic E-state index is 1.11. The maximum absolute atomic E-state index is 2.38. The monoisotopic (exact) mass is 729 g/mol. The molecular weight excluding hydrogens is 695 g/mol. The molecule has 0 aliphatic heterocycles. The Morgan fingerprint density at radius 3 is 1.21 bits per heavy atom. The molecule has 0 saturated heterocycles. The van der Waals surface area contributed by atoms with Gasteiger partial charge in [-0.1, -0.05) is 158 Å². The van der Waals surface area contributed by atoms with E-state index in [0.717, 1.165) is 17.1 Å². The van der Waals surface area contributed by atoms with Crippen molar-refractivity contribution in [1.82, 2.24) is 0 Å². The van der Waals surface area contributed by atoms with Crippen molar-refractivity contribution in [2.24, 2.45) is 0 Å². The standard InChI is InChI=1S/C54H35NS/c1-2-10-36(11-3-1)38-22-27-42(28-23-38)55(44-31-32-49-47-14-5-4-12-45(47)46-13-6-7-15-48(46)51(49)35-44)43-29-24-39(25-30-43)37-18-20-40(21-19-37)41-26-33-54-52(34-41)50-16-8-9-17-53(50)56-54/h1-35H. The lowest BCUT2D eigenvalue weighted by atomic mass is 9.94. The first-order chi connectivity index (χ1) is 27.7. The molecule has 0 unspecified atom stereocenters. The summed E-state index contributed by atoms with van der Waals surface area (Å²) in [5.74, 6) is 0. The van der Waals surface area contributed by atoms with E-state index in [1.807, 2.05) is 11.3 Å². The van der Waals surface area contributed by atoms with Gasteiger partial charge in [-0.15, -0.1) is 11.3 Å². The third-order valence-electron chi connectivity index (χ3n) is 11.3. The zero-order chi connectivity index (χ0) is 37.0. The first-order valence-corrected chi connectivity index (χ1v) is 20.0. The van der Waals surface area contributed by atoms with E-state index < -0.39 is 0 Å². The smallest absolute Gasteiger partial charge is 0.0468 e. The fourth-order valence-corrected chi connectivity index (χ4v) is 9.57. The molecule has 0 atom stereocenters. The van der Waals surface area contributed by atoms with Gasteiger partial charge in [0.15, 0.2) is 0 Å². The summed E-state index contributed by atoms with van der Waals surface area (Å²) in [7, 11) is 0. The van der Waals surface area contributed by atoms with E-state index in [-0.39, 0.29) is 0 Å². The zero-order valence-corrected chi connectivity index (χ0v) is 31.4. The van der Waals surface area contributed by atoms with Crippen molar-refractivity contribution in [2.75, 3.05) is 4.90 Å². The first kappa shape index (κ1) is 32.4. The van der Waals surface area contributed by atoms with E-state index in [4.69, 9.17) is 0 Å². The lowest BCUT2D eigenvalue weighted by molar-refractivity contribution is 1.29. The fourth-order valence-electron chi connectivity index (χ4n) is 8.48. The van der Waals surface area contributed by atoms with Gasteiger partial charge in [0.05, 0.1) is 0 Å². The van der Waals surface area contributed by atoms with Crippen molar-refractivity contribution in [3.05, 3.63) is 212 Å². The zero-order valence-electron chi connectivity index (χ0n) is 30.6. The van der Waals surface area contributed by atoms with Crippen LogP contribution in [0.25, 0.3) is 85.9 Å². The summed E-state index contributed by atoms with van der Waals surface area (Å²) in [4.78, 5) is 2.38. The molecule has 0 amide bonds. The minimum absolute atomic E-state index is 1.11. The van der Waals surface area contributed by atoms with Gasteiger partial charge in [-0.05, 0) is 120 Å². The largest absolute Gasteiger partial charge is 0.310 e. The van der Waals surface area contributed by atoms with Gasteiger partial charge in [0.25, 0.3) is 0 Å². The summed E-state index contributed by atoms with van der Waals surface area (Å²) in [5.41, 5.74) is 10.6. The van der Waals surface area contributed by atoms with E-state index in [9.17, 15) is 0 Å². The highest BCUT2D eigenvalue weighted by Crippen LogP contribution is 2.42. The Labute approximate surface area is 330 Å². The topological polar surface area (TPSA) is 3.24 Å². The third kappa shape index (κ3) is 5.54. The van der Waals surface area contributed by atoms with E-state index in [0.29, 0.717) is 0 Å². The Balaban J connectivity index is 0.981. The number of hydrogen-bond donors (Lipinski definition) is 0. The van der Waals surface area contributed by atoms with Gasteiger partial charge in [0.1, 0.15) is 0 Å². The van der Waals surface area contributed by atoms with Gasteiger partial charge in [-0.2, -0.15) is 0 Å². The summed E-state index contributed by atoms with van der Waals surface area (Å²) >= 11 is 1.86. The number of thiophene rings is 1. The molecule has 0 aliphatic carbocycles. The summed E-state index contributed by atoms with van der Waals surface area (Å²) < 4.78 is 2.67. The van der Waals surface area contributed by atoms with Crippen LogP contribution in [-0.2, 0) is 0 Å². The van der Waals surface area contributed by atoms with Crippen molar-refractivity contribution in [3.63, 3.8) is 0 Å². The van der Waals surface area contributed by atoms with Gasteiger partial charge in [0.2, 0.25) is 0 Å². The van der Waals surface area contributed by atoms with E-state index >= 15 is 0 Å². The van der Waals surface area contributed by atoms with Gasteiger partial charge in [-0.3, -0.25) is 0 Å². The second-order valence-electron chi connectivity index (χ2n) is 14.5. The van der Waals surface area contributed by atoms with Crippen LogP contribution < -0.4 is 4.90 Å². The Bertz CT molecular complexity index is 3180. The highest BCUT2D eigenvalue weighted by Gasteiger charge is 2.16. The summed E-state index contributed by atoms with van der Waals surface area (Å²) in [6.07, 6.45) is 0. The normalized spacial score (nSPS) is 11.6. The van der Waals surface area contributed by atoms with E-state index in [2.05, 4.69) is 217 Å². The van der Waals surface area contributed by atoms with Crippen molar-refractivity contribution < 1.29 is 0 Å².